The normalized spacial score (nSPS) is 14.6. The molecule has 628 valence electrons. The van der Waals surface area contributed by atoms with Crippen LogP contribution in [0.1, 0.15) is 70.4 Å². The highest BCUT2D eigenvalue weighted by molar-refractivity contribution is 9.10. The Labute approximate surface area is 718 Å². The quantitative estimate of drug-likeness (QED) is 0.0250. The summed E-state index contributed by atoms with van der Waals surface area (Å²) in [5.74, 6) is 5.95. The Morgan fingerprint density at radius 2 is 0.934 bits per heavy atom. The van der Waals surface area contributed by atoms with Gasteiger partial charge < -0.3 is 95.1 Å². The topological polar surface area (TPSA) is 386 Å². The van der Waals surface area contributed by atoms with Crippen molar-refractivity contribution in [3.05, 3.63) is 203 Å². The predicted molar refractivity (Wildman–Crippen MR) is 479 cm³/mol. The average Bonchev–Trinajstić information content (AvgIpc) is 1.71. The third-order valence-corrected chi connectivity index (χ3v) is 21.4. The summed E-state index contributed by atoms with van der Waals surface area (Å²) in [5.41, 5.74) is 18.2. The van der Waals surface area contributed by atoms with Crippen LogP contribution in [-0.4, -0.2) is 185 Å². The van der Waals surface area contributed by atoms with Gasteiger partial charge in [0.2, 0.25) is 40.0 Å². The Bertz CT molecular complexity index is 5840. The lowest BCUT2D eigenvalue weighted by Gasteiger charge is -2.26. The van der Waals surface area contributed by atoms with Crippen molar-refractivity contribution >= 4 is 154 Å². The van der Waals surface area contributed by atoms with Crippen molar-refractivity contribution in [2.45, 2.75) is 91.3 Å². The second-order valence-corrected chi connectivity index (χ2v) is 30.4. The molecule has 8 heterocycles. The van der Waals surface area contributed by atoms with Crippen LogP contribution in [0.25, 0.3) is 66.3 Å². The van der Waals surface area contributed by atoms with Crippen molar-refractivity contribution in [2.24, 2.45) is 0 Å². The zero-order valence-electron chi connectivity index (χ0n) is 68.2. The molecule has 16 rings (SSSR count). The highest BCUT2D eigenvalue weighted by Gasteiger charge is 2.31. The minimum Gasteiger partial charge on any atom is -0.496 e. The van der Waals surface area contributed by atoms with Crippen LogP contribution in [0, 0.1) is 13.8 Å². The van der Waals surface area contributed by atoms with E-state index < -0.39 is 7.12 Å². The zero-order valence-corrected chi connectivity index (χ0v) is 71.3. The Morgan fingerprint density at radius 3 is 1.40 bits per heavy atom. The molecule has 30 nitrogen and oxygen atoms in total. The number of halogens is 3. The molecule has 0 saturated carbocycles. The molecule has 11 N–H and O–H groups in total. The third-order valence-electron chi connectivity index (χ3n) is 20.6. The summed E-state index contributed by atoms with van der Waals surface area (Å²) >= 11 is 15.7. The van der Waals surface area contributed by atoms with Gasteiger partial charge in [0.25, 0.3) is 0 Å². The minimum atomic E-state index is -1.51. The fraction of sp³-hybridized carbons (Fsp3) is 0.276. The van der Waals surface area contributed by atoms with Gasteiger partial charge in [0.05, 0.1) is 107 Å². The van der Waals surface area contributed by atoms with Crippen LogP contribution in [0.15, 0.2) is 181 Å². The number of hydrogen-bond donors (Lipinski definition) is 10. The number of hydrogen-bond acceptors (Lipinski definition) is 25. The first-order valence-electron chi connectivity index (χ1n) is 39.0. The van der Waals surface area contributed by atoms with Gasteiger partial charge in [0.15, 0.2) is 17.3 Å². The molecule has 3 atom stereocenters. The van der Waals surface area contributed by atoms with E-state index in [1.807, 2.05) is 139 Å². The lowest BCUT2D eigenvalue weighted by molar-refractivity contribution is -0.115. The van der Waals surface area contributed by atoms with E-state index >= 15 is 0 Å². The standard InChI is InChI=1S/C33H35N7O3.C21H21ClN4O2.C13H13BrClN3O.C12H15N3O3.C8H10BNO3/c1-20-13-27(16-30(43-4)21(20)2)39-17-31(34-19-39)37-33-36-29-15-24(23-7-5-8-25(14-23)35-22(3)42)10-11-28(29)32(38-33)40-12-6-9-26(40)18-41;1-13(28)23-16-5-2-4-14(10-16)15-7-8-18-19(11-15)24-21(22)25-20(18)26-9-3-6-17(26)12-27;14-8-3-4-10-11(6-8)16-13(15)17-12(10)18-5-1-2-9(18)7-19;1-16-9-4-8(15-6-11(13)14-7-15)5-10(17-2)12(9)18-3;1-6(11)10-8-4-2-3-7(5-8)9(12)13/h5,7-8,10-11,13-17,19,26,41H,6,9,12,18H2,1-4H3,(H,35,42)(H,36,37,38);2,4-5,7-8,10-11,17,27H,3,6,9,12H2,1H3,(H,23,28);3-4,6,9,19H,1-2,5,7H2;4-7H,13H2,1-3H3;2-5,12-13H,1H3,(H,10,11)/t26-;17-;9-;;/m000../s1. The lowest BCUT2D eigenvalue weighted by atomic mass is 9.80. The molecule has 0 radical (unpaired) electrons. The van der Waals surface area contributed by atoms with E-state index in [1.54, 1.807) is 70.1 Å². The summed E-state index contributed by atoms with van der Waals surface area (Å²) in [6.07, 6.45) is 12.9. The van der Waals surface area contributed by atoms with Crippen LogP contribution in [0.3, 0.4) is 0 Å². The number of rotatable bonds is 20. The van der Waals surface area contributed by atoms with Gasteiger partial charge in [-0.05, 0) is 199 Å². The smallest absolute Gasteiger partial charge is 0.488 e. The maximum Gasteiger partial charge on any atom is 0.488 e. The van der Waals surface area contributed by atoms with Crippen molar-refractivity contribution < 1.29 is 58.7 Å². The summed E-state index contributed by atoms with van der Waals surface area (Å²) < 4.78 is 26.0. The van der Waals surface area contributed by atoms with Gasteiger partial charge in [0, 0.05) is 96.3 Å². The van der Waals surface area contributed by atoms with Gasteiger partial charge in [-0.3, -0.25) is 14.4 Å². The first kappa shape index (κ1) is 88.0. The van der Waals surface area contributed by atoms with Crippen LogP contribution in [-0.2, 0) is 14.4 Å². The van der Waals surface area contributed by atoms with Crippen LogP contribution in [0.5, 0.6) is 23.0 Å². The fourth-order valence-electron chi connectivity index (χ4n) is 14.7. The van der Waals surface area contributed by atoms with E-state index in [2.05, 4.69) is 94.8 Å². The van der Waals surface area contributed by atoms with Crippen LogP contribution < -0.4 is 66.1 Å². The Morgan fingerprint density at radius 1 is 0.504 bits per heavy atom. The number of carbonyl (C=O) groups excluding carboxylic acids is 3. The number of nitrogens with two attached hydrogens (primary N) is 1. The molecule has 5 aromatic heterocycles. The molecule has 3 saturated heterocycles. The number of benzene rings is 8. The Kier molecular flexibility index (Phi) is 29.6. The van der Waals surface area contributed by atoms with Gasteiger partial charge in [-0.15, -0.1) is 0 Å². The molecule has 0 spiro atoms. The van der Waals surface area contributed by atoms with Crippen molar-refractivity contribution in [3.63, 3.8) is 0 Å². The van der Waals surface area contributed by atoms with Crippen LogP contribution in [0.2, 0.25) is 10.6 Å². The molecule has 0 aliphatic carbocycles. The van der Waals surface area contributed by atoms with Crippen molar-refractivity contribution in [1.29, 1.82) is 0 Å². The molecule has 0 bridgehead atoms. The number of aliphatic hydroxyl groups is 3. The first-order valence-corrected chi connectivity index (χ1v) is 40.5. The number of aliphatic hydroxyl groups excluding tert-OH is 3. The Balaban J connectivity index is 0.000000148. The van der Waals surface area contributed by atoms with Gasteiger partial charge in [-0.25, -0.2) is 24.9 Å². The molecule has 8 aromatic carbocycles. The molecular formula is C87H94BBrCl2N18O12. The molecular weight excluding hydrogens is 1650 g/mol. The largest absolute Gasteiger partial charge is 0.496 e. The molecule has 3 aliphatic heterocycles. The number of nitrogens with one attached hydrogen (secondary N) is 4. The lowest BCUT2D eigenvalue weighted by Crippen LogP contribution is -2.33. The van der Waals surface area contributed by atoms with Crippen LogP contribution in [0.4, 0.5) is 52.1 Å². The average molecular weight is 1750 g/mol. The zero-order chi connectivity index (χ0) is 86.1. The third kappa shape index (κ3) is 21.9. The summed E-state index contributed by atoms with van der Waals surface area (Å²) in [6, 6.07) is 47.7. The van der Waals surface area contributed by atoms with E-state index in [4.69, 9.17) is 67.9 Å². The monoisotopic (exact) mass is 1740 g/mol. The molecule has 121 heavy (non-hydrogen) atoms. The van der Waals surface area contributed by atoms with E-state index in [-0.39, 0.29) is 66.2 Å². The van der Waals surface area contributed by atoms with Crippen molar-refractivity contribution in [3.8, 4) is 56.6 Å². The molecule has 3 fully saturated rings. The summed E-state index contributed by atoms with van der Waals surface area (Å²) in [6.45, 7) is 11.3. The van der Waals surface area contributed by atoms with Gasteiger partial charge >= 0.3 is 7.12 Å². The van der Waals surface area contributed by atoms with E-state index in [0.717, 1.165) is 175 Å². The SMILES string of the molecule is CC(=O)Nc1cccc(-c2ccc3c(N4CCC[C@H]4CO)nc(Cl)nc3c2)c1.CC(=O)Nc1cccc(B(O)O)c1.COc1cc(-n2cnc(N)c2)cc(OC)c1OC.COc1cc(-n2cnc(Nc3nc(N4CCC[C@H]4CO)c4ccc(-c5cccc(NC(C)=O)c5)cc4n3)c2)cc(C)c1C.OC[C@@H]1CCCN1c1nc(Cl)nc2cc(Br)ccc12. The number of carbonyl (C=O) groups is 3. The van der Waals surface area contributed by atoms with Gasteiger partial charge in [-0.2, -0.15) is 15.0 Å². The van der Waals surface area contributed by atoms with E-state index in [9.17, 15) is 29.7 Å². The maximum absolute atomic E-state index is 11.6. The van der Waals surface area contributed by atoms with Gasteiger partial charge in [0.1, 0.15) is 41.7 Å². The molecule has 0 unspecified atom stereocenters. The predicted octanol–water partition coefficient (Wildman–Crippen LogP) is 13.5. The second-order valence-electron chi connectivity index (χ2n) is 28.8. The second kappa shape index (κ2) is 40.7. The molecule has 3 amide bonds. The number of amides is 3. The molecule has 34 heteroatoms. The number of anilines is 9. The number of ether oxygens (including phenoxy) is 4. The highest BCUT2D eigenvalue weighted by atomic mass is 79.9. The molecule has 3 aliphatic rings. The maximum atomic E-state index is 11.6. The number of nitrogen functional groups attached to an aromatic ring is 1. The number of nitrogens with zero attached hydrogens (tertiary/aromatic N) is 13. The van der Waals surface area contributed by atoms with Crippen LogP contribution >= 0.6 is 39.1 Å². The Hall–Kier alpha value is -12.3. The van der Waals surface area contributed by atoms with Crippen molar-refractivity contribution in [2.75, 3.05) is 110 Å². The summed E-state index contributed by atoms with van der Waals surface area (Å²) in [7, 11) is 4.88. The summed E-state index contributed by atoms with van der Waals surface area (Å²) in [4.78, 5) is 75.9. The van der Waals surface area contributed by atoms with Gasteiger partial charge in [-0.1, -0.05) is 64.5 Å². The van der Waals surface area contributed by atoms with E-state index in [0.29, 0.717) is 46.0 Å². The fourth-order valence-corrected chi connectivity index (χ4v) is 15.4. The summed E-state index contributed by atoms with van der Waals surface area (Å²) in [5, 5.41) is 61.6. The van der Waals surface area contributed by atoms with E-state index in [1.165, 1.54) is 26.8 Å². The van der Waals surface area contributed by atoms with Crippen molar-refractivity contribution in [1.82, 2.24) is 49.0 Å². The number of aryl methyl sites for hydroxylation is 1. The first-order chi connectivity index (χ1) is 58.3. The highest BCUT2D eigenvalue weighted by Crippen LogP contribution is 2.41. The molecule has 13 aromatic rings. The minimum absolute atomic E-state index is 0.000992. The number of imidazole rings is 2. The number of fused-ring (bicyclic) bond motifs is 3. The number of aromatic nitrogens is 10. The number of methoxy groups -OCH3 is 4.